The van der Waals surface area contributed by atoms with Gasteiger partial charge in [0.2, 0.25) is 0 Å². The molecule has 0 bridgehead atoms. The number of anilines is 1. The molecule has 134 valence electrons. The first-order valence-corrected chi connectivity index (χ1v) is 9.02. The molecule has 1 saturated carbocycles. The summed E-state index contributed by atoms with van der Waals surface area (Å²) in [7, 11) is 1.70. The summed E-state index contributed by atoms with van der Waals surface area (Å²) in [5.41, 5.74) is 13.2. The average molecular weight is 340 g/mol. The standard InChI is InChI=1S/C21H28N2O2/c1-13-9-17(22)10-16(12-25-18-7-5-6-8-18)21(13)19-11-20(24-4)14(2)15(3)23-19/h9-11,18H,5-8,12,22H2,1-4H3. The molecule has 4 heteroatoms. The minimum Gasteiger partial charge on any atom is -0.496 e. The molecule has 1 aliphatic rings. The number of hydrogen-bond donors (Lipinski definition) is 1. The summed E-state index contributed by atoms with van der Waals surface area (Å²) in [6.07, 6.45) is 5.22. The van der Waals surface area contributed by atoms with Gasteiger partial charge in [-0.2, -0.15) is 0 Å². The molecule has 4 nitrogen and oxygen atoms in total. The second-order valence-electron chi connectivity index (χ2n) is 7.01. The van der Waals surface area contributed by atoms with Gasteiger partial charge in [-0.25, -0.2) is 0 Å². The van der Waals surface area contributed by atoms with Crippen molar-refractivity contribution in [3.8, 4) is 17.0 Å². The van der Waals surface area contributed by atoms with E-state index in [9.17, 15) is 0 Å². The van der Waals surface area contributed by atoms with E-state index in [1.54, 1.807) is 7.11 Å². The van der Waals surface area contributed by atoms with Crippen molar-refractivity contribution in [1.82, 2.24) is 4.98 Å². The summed E-state index contributed by atoms with van der Waals surface area (Å²) < 4.78 is 11.7. The van der Waals surface area contributed by atoms with Gasteiger partial charge in [0.25, 0.3) is 0 Å². The maximum absolute atomic E-state index is 6.16. The number of methoxy groups -OCH3 is 1. The molecule has 1 aliphatic carbocycles. The normalized spacial score (nSPS) is 14.9. The fourth-order valence-electron chi connectivity index (χ4n) is 3.68. The number of nitrogens with zero attached hydrogens (tertiary/aromatic N) is 1. The Bertz CT molecular complexity index is 765. The highest BCUT2D eigenvalue weighted by Gasteiger charge is 2.18. The van der Waals surface area contributed by atoms with Crippen LogP contribution in [0.25, 0.3) is 11.3 Å². The van der Waals surface area contributed by atoms with Gasteiger partial charge in [0.1, 0.15) is 5.75 Å². The first kappa shape index (κ1) is 17.7. The maximum atomic E-state index is 6.16. The number of nitrogen functional groups attached to an aromatic ring is 1. The molecule has 3 rings (SSSR count). The Morgan fingerprint density at radius 2 is 1.84 bits per heavy atom. The first-order valence-electron chi connectivity index (χ1n) is 9.02. The molecule has 1 fully saturated rings. The summed E-state index contributed by atoms with van der Waals surface area (Å²) in [6.45, 7) is 6.70. The quantitative estimate of drug-likeness (QED) is 0.800. The van der Waals surface area contributed by atoms with Crippen molar-refractivity contribution >= 4 is 5.69 Å². The number of benzene rings is 1. The molecule has 2 aromatic rings. The van der Waals surface area contributed by atoms with Gasteiger partial charge in [-0.15, -0.1) is 0 Å². The zero-order valence-corrected chi connectivity index (χ0v) is 15.7. The van der Waals surface area contributed by atoms with E-state index in [-0.39, 0.29) is 0 Å². The van der Waals surface area contributed by atoms with Crippen LogP contribution in [0.1, 0.15) is 48.1 Å². The zero-order valence-electron chi connectivity index (χ0n) is 15.7. The predicted octanol–water partition coefficient (Wildman–Crippen LogP) is 4.72. The molecular formula is C21H28N2O2. The number of rotatable bonds is 5. The highest BCUT2D eigenvalue weighted by Crippen LogP contribution is 2.34. The van der Waals surface area contributed by atoms with E-state index < -0.39 is 0 Å². The van der Waals surface area contributed by atoms with E-state index in [2.05, 4.69) is 6.92 Å². The van der Waals surface area contributed by atoms with Gasteiger partial charge < -0.3 is 15.2 Å². The van der Waals surface area contributed by atoms with Crippen LogP contribution in [-0.2, 0) is 11.3 Å². The Balaban J connectivity index is 2.01. The number of aromatic nitrogens is 1. The van der Waals surface area contributed by atoms with Crippen LogP contribution < -0.4 is 10.5 Å². The van der Waals surface area contributed by atoms with Crippen molar-refractivity contribution < 1.29 is 9.47 Å². The molecule has 0 saturated heterocycles. The molecule has 0 unspecified atom stereocenters. The zero-order chi connectivity index (χ0) is 18.0. The van der Waals surface area contributed by atoms with E-state index in [1.807, 2.05) is 32.0 Å². The Labute approximate surface area is 150 Å². The fraction of sp³-hybridized carbons (Fsp3) is 0.476. The van der Waals surface area contributed by atoms with Crippen LogP contribution in [0.15, 0.2) is 18.2 Å². The van der Waals surface area contributed by atoms with Crippen LogP contribution in [-0.4, -0.2) is 18.2 Å². The number of hydrogen-bond acceptors (Lipinski definition) is 4. The topological polar surface area (TPSA) is 57.4 Å². The lowest BCUT2D eigenvalue weighted by molar-refractivity contribution is 0.0459. The Kier molecular flexibility index (Phi) is 5.28. The lowest BCUT2D eigenvalue weighted by atomic mass is 9.97. The highest BCUT2D eigenvalue weighted by atomic mass is 16.5. The fourth-order valence-corrected chi connectivity index (χ4v) is 3.68. The third kappa shape index (κ3) is 3.79. The van der Waals surface area contributed by atoms with Crippen molar-refractivity contribution in [3.05, 3.63) is 40.6 Å². The Morgan fingerprint density at radius 1 is 1.12 bits per heavy atom. The van der Waals surface area contributed by atoms with Crippen LogP contribution in [0, 0.1) is 20.8 Å². The number of ether oxygens (including phenoxy) is 2. The second-order valence-corrected chi connectivity index (χ2v) is 7.01. The van der Waals surface area contributed by atoms with Gasteiger partial charge in [0.05, 0.1) is 25.5 Å². The van der Waals surface area contributed by atoms with E-state index in [4.69, 9.17) is 20.2 Å². The number of nitrogens with two attached hydrogens (primary N) is 1. The molecular weight excluding hydrogens is 312 g/mol. The SMILES string of the molecule is COc1cc(-c2c(C)cc(N)cc2COC2CCCC2)nc(C)c1C. The minimum absolute atomic E-state index is 0.372. The van der Waals surface area contributed by atoms with Gasteiger partial charge in [-0.1, -0.05) is 12.8 Å². The van der Waals surface area contributed by atoms with E-state index >= 15 is 0 Å². The van der Waals surface area contributed by atoms with Gasteiger partial charge in [-0.3, -0.25) is 4.98 Å². The van der Waals surface area contributed by atoms with Crippen LogP contribution in [0.3, 0.4) is 0 Å². The molecule has 0 radical (unpaired) electrons. The predicted molar refractivity (Wildman–Crippen MR) is 102 cm³/mol. The van der Waals surface area contributed by atoms with Crippen LogP contribution >= 0.6 is 0 Å². The van der Waals surface area contributed by atoms with Crippen molar-refractivity contribution in [1.29, 1.82) is 0 Å². The van der Waals surface area contributed by atoms with Gasteiger partial charge >= 0.3 is 0 Å². The lowest BCUT2D eigenvalue weighted by Gasteiger charge is -2.18. The molecule has 0 atom stereocenters. The van der Waals surface area contributed by atoms with Gasteiger partial charge in [0, 0.05) is 28.6 Å². The number of aryl methyl sites for hydroxylation is 2. The van der Waals surface area contributed by atoms with Gasteiger partial charge in [-0.05, 0) is 56.9 Å². The second kappa shape index (κ2) is 7.44. The van der Waals surface area contributed by atoms with Crippen molar-refractivity contribution in [2.75, 3.05) is 12.8 Å². The summed E-state index contributed by atoms with van der Waals surface area (Å²) in [5.74, 6) is 0.862. The van der Waals surface area contributed by atoms with Gasteiger partial charge in [0.15, 0.2) is 0 Å². The first-order chi connectivity index (χ1) is 12.0. The molecule has 0 aliphatic heterocycles. The Morgan fingerprint density at radius 3 is 2.52 bits per heavy atom. The molecule has 1 aromatic carbocycles. The van der Waals surface area contributed by atoms with E-state index in [0.717, 1.165) is 57.9 Å². The third-order valence-corrected chi connectivity index (χ3v) is 5.16. The number of pyridine rings is 1. The van der Waals surface area contributed by atoms with E-state index in [0.29, 0.717) is 12.7 Å². The average Bonchev–Trinajstić information content (AvgIpc) is 3.08. The van der Waals surface area contributed by atoms with Crippen molar-refractivity contribution in [2.45, 2.75) is 59.2 Å². The minimum atomic E-state index is 0.372. The summed E-state index contributed by atoms with van der Waals surface area (Å²) in [4.78, 5) is 4.81. The summed E-state index contributed by atoms with van der Waals surface area (Å²) in [5, 5.41) is 0. The van der Waals surface area contributed by atoms with Crippen LogP contribution in [0.4, 0.5) is 5.69 Å². The third-order valence-electron chi connectivity index (χ3n) is 5.16. The van der Waals surface area contributed by atoms with Crippen LogP contribution in [0.2, 0.25) is 0 Å². The molecule has 25 heavy (non-hydrogen) atoms. The summed E-state index contributed by atoms with van der Waals surface area (Å²) >= 11 is 0. The molecule has 0 spiro atoms. The largest absolute Gasteiger partial charge is 0.496 e. The Hall–Kier alpha value is -2.07. The smallest absolute Gasteiger partial charge is 0.125 e. The lowest BCUT2D eigenvalue weighted by Crippen LogP contribution is -2.09. The summed E-state index contributed by atoms with van der Waals surface area (Å²) in [6, 6.07) is 6.03. The molecule has 0 amide bonds. The van der Waals surface area contributed by atoms with Crippen molar-refractivity contribution in [3.63, 3.8) is 0 Å². The molecule has 1 aromatic heterocycles. The maximum Gasteiger partial charge on any atom is 0.125 e. The monoisotopic (exact) mass is 340 g/mol. The van der Waals surface area contributed by atoms with E-state index in [1.165, 1.54) is 12.8 Å². The van der Waals surface area contributed by atoms with Crippen molar-refractivity contribution in [2.24, 2.45) is 0 Å². The highest BCUT2D eigenvalue weighted by molar-refractivity contribution is 5.72. The van der Waals surface area contributed by atoms with Crippen LogP contribution in [0.5, 0.6) is 5.75 Å². The molecule has 1 heterocycles. The molecule has 2 N–H and O–H groups in total.